The molecule has 1 aromatic heterocycles. The maximum atomic E-state index is 13.9. The number of carbonyl (C=O) groups excluding carboxylic acids is 1. The van der Waals surface area contributed by atoms with Crippen LogP contribution in [0, 0.1) is 5.82 Å². The van der Waals surface area contributed by atoms with Gasteiger partial charge >= 0.3 is 0 Å². The standard InChI is InChI=1S/C17H20FN3O/c1-13(14-5-2-3-6-15(14)18)20-9-11-21(12-10-20)17(22)16-7-4-8-19-16/h2-8,13,19H,9-12H2,1H3/t13-/m0/s1. The van der Waals surface area contributed by atoms with Gasteiger partial charge in [0.1, 0.15) is 11.5 Å². The van der Waals surface area contributed by atoms with Gasteiger partial charge in [-0.2, -0.15) is 0 Å². The number of rotatable bonds is 3. The number of amides is 1. The Balaban J connectivity index is 1.62. The number of H-pyrrole nitrogens is 1. The fraction of sp³-hybridized carbons (Fsp3) is 0.353. The van der Waals surface area contributed by atoms with Crippen molar-refractivity contribution in [3.05, 3.63) is 59.7 Å². The predicted molar refractivity (Wildman–Crippen MR) is 83.1 cm³/mol. The number of halogens is 1. The predicted octanol–water partition coefficient (Wildman–Crippen LogP) is 2.67. The largest absolute Gasteiger partial charge is 0.357 e. The number of benzene rings is 1. The number of aromatic amines is 1. The van der Waals surface area contributed by atoms with E-state index in [1.165, 1.54) is 6.07 Å². The van der Waals surface area contributed by atoms with Crippen LogP contribution in [0.15, 0.2) is 42.6 Å². The van der Waals surface area contributed by atoms with Crippen LogP contribution in [0.25, 0.3) is 0 Å². The molecule has 1 N–H and O–H groups in total. The van der Waals surface area contributed by atoms with Crippen molar-refractivity contribution in [3.63, 3.8) is 0 Å². The van der Waals surface area contributed by atoms with Gasteiger partial charge in [-0.05, 0) is 25.1 Å². The second kappa shape index (κ2) is 6.32. The maximum absolute atomic E-state index is 13.9. The van der Waals surface area contributed by atoms with Crippen LogP contribution in [0.5, 0.6) is 0 Å². The molecule has 1 aliphatic heterocycles. The highest BCUT2D eigenvalue weighted by atomic mass is 19.1. The Morgan fingerprint density at radius 2 is 1.86 bits per heavy atom. The number of hydrogen-bond donors (Lipinski definition) is 1. The first-order valence-corrected chi connectivity index (χ1v) is 7.58. The van der Waals surface area contributed by atoms with Gasteiger partial charge in [-0.1, -0.05) is 18.2 Å². The summed E-state index contributed by atoms with van der Waals surface area (Å²) in [6, 6.07) is 10.5. The Morgan fingerprint density at radius 1 is 1.14 bits per heavy atom. The normalized spacial score (nSPS) is 17.5. The molecule has 0 spiro atoms. The topological polar surface area (TPSA) is 39.3 Å². The fourth-order valence-electron chi connectivity index (χ4n) is 2.96. The summed E-state index contributed by atoms with van der Waals surface area (Å²) in [7, 11) is 0. The first-order chi connectivity index (χ1) is 10.7. The van der Waals surface area contributed by atoms with E-state index in [0.29, 0.717) is 24.3 Å². The number of carbonyl (C=O) groups is 1. The summed E-state index contributed by atoms with van der Waals surface area (Å²) < 4.78 is 13.9. The van der Waals surface area contributed by atoms with Crippen LogP contribution in [0.4, 0.5) is 4.39 Å². The molecule has 1 amide bonds. The van der Waals surface area contributed by atoms with Gasteiger partial charge in [0.05, 0.1) is 0 Å². The zero-order valence-corrected chi connectivity index (χ0v) is 12.6. The van der Waals surface area contributed by atoms with Crippen LogP contribution >= 0.6 is 0 Å². The van der Waals surface area contributed by atoms with E-state index in [9.17, 15) is 9.18 Å². The van der Waals surface area contributed by atoms with E-state index in [1.54, 1.807) is 18.3 Å². The Hall–Kier alpha value is -2.14. The number of nitrogens with one attached hydrogen (secondary N) is 1. The molecule has 0 unspecified atom stereocenters. The van der Waals surface area contributed by atoms with Crippen molar-refractivity contribution in [1.29, 1.82) is 0 Å². The molecule has 0 radical (unpaired) electrons. The van der Waals surface area contributed by atoms with Gasteiger partial charge in [0.25, 0.3) is 5.91 Å². The van der Waals surface area contributed by atoms with Crippen molar-refractivity contribution >= 4 is 5.91 Å². The summed E-state index contributed by atoms with van der Waals surface area (Å²) in [5.74, 6) is -0.136. The third kappa shape index (κ3) is 2.90. The fourth-order valence-corrected chi connectivity index (χ4v) is 2.96. The van der Waals surface area contributed by atoms with E-state index >= 15 is 0 Å². The number of hydrogen-bond acceptors (Lipinski definition) is 2. The van der Waals surface area contributed by atoms with Gasteiger partial charge in [-0.25, -0.2) is 4.39 Å². The van der Waals surface area contributed by atoms with Crippen LogP contribution < -0.4 is 0 Å². The van der Waals surface area contributed by atoms with Crippen LogP contribution in [0.2, 0.25) is 0 Å². The SMILES string of the molecule is C[C@@H](c1ccccc1F)N1CCN(C(=O)c2ccc[nH]2)CC1. The van der Waals surface area contributed by atoms with Gasteiger partial charge in [-0.3, -0.25) is 9.69 Å². The quantitative estimate of drug-likeness (QED) is 0.946. The van der Waals surface area contributed by atoms with Crippen molar-refractivity contribution in [3.8, 4) is 0 Å². The van der Waals surface area contributed by atoms with E-state index in [4.69, 9.17) is 0 Å². The van der Waals surface area contributed by atoms with Crippen LogP contribution in [-0.2, 0) is 0 Å². The minimum atomic E-state index is -0.167. The molecule has 3 rings (SSSR count). The summed E-state index contributed by atoms with van der Waals surface area (Å²) >= 11 is 0. The summed E-state index contributed by atoms with van der Waals surface area (Å²) in [4.78, 5) is 19.3. The Labute approximate surface area is 129 Å². The van der Waals surface area contributed by atoms with Gasteiger partial charge in [-0.15, -0.1) is 0 Å². The molecule has 1 aromatic carbocycles. The molecular weight excluding hydrogens is 281 g/mol. The molecule has 1 atom stereocenters. The minimum absolute atomic E-state index is 0.0175. The van der Waals surface area contributed by atoms with Crippen LogP contribution in [0.3, 0.4) is 0 Å². The highest BCUT2D eigenvalue weighted by molar-refractivity contribution is 5.92. The third-order valence-electron chi connectivity index (χ3n) is 4.33. The number of nitrogens with zero attached hydrogens (tertiary/aromatic N) is 2. The molecule has 5 heteroatoms. The summed E-state index contributed by atoms with van der Waals surface area (Å²) in [6.45, 7) is 4.85. The molecule has 1 fully saturated rings. The summed E-state index contributed by atoms with van der Waals surface area (Å²) in [6.07, 6.45) is 1.75. The minimum Gasteiger partial charge on any atom is -0.357 e. The molecule has 0 bridgehead atoms. The maximum Gasteiger partial charge on any atom is 0.270 e. The zero-order valence-electron chi connectivity index (χ0n) is 12.6. The molecule has 0 saturated carbocycles. The molecule has 22 heavy (non-hydrogen) atoms. The van der Waals surface area contributed by atoms with Crippen molar-refractivity contribution in [1.82, 2.24) is 14.8 Å². The van der Waals surface area contributed by atoms with Crippen LogP contribution in [0.1, 0.15) is 29.0 Å². The monoisotopic (exact) mass is 301 g/mol. The van der Waals surface area contributed by atoms with Gasteiger partial charge < -0.3 is 9.88 Å². The zero-order chi connectivity index (χ0) is 15.5. The Kier molecular flexibility index (Phi) is 4.24. The number of aromatic nitrogens is 1. The van der Waals surface area contributed by atoms with E-state index < -0.39 is 0 Å². The second-order valence-electron chi connectivity index (χ2n) is 5.61. The molecule has 116 valence electrons. The van der Waals surface area contributed by atoms with E-state index in [-0.39, 0.29) is 17.8 Å². The first-order valence-electron chi connectivity index (χ1n) is 7.58. The highest BCUT2D eigenvalue weighted by Crippen LogP contribution is 2.24. The molecule has 2 aromatic rings. The highest BCUT2D eigenvalue weighted by Gasteiger charge is 2.26. The molecule has 2 heterocycles. The van der Waals surface area contributed by atoms with Crippen molar-refractivity contribution in [2.75, 3.05) is 26.2 Å². The molecule has 4 nitrogen and oxygen atoms in total. The van der Waals surface area contributed by atoms with Crippen LogP contribution in [-0.4, -0.2) is 46.9 Å². The lowest BCUT2D eigenvalue weighted by Crippen LogP contribution is -2.49. The molecule has 1 saturated heterocycles. The first kappa shape index (κ1) is 14.8. The van der Waals surface area contributed by atoms with Gasteiger partial charge in [0.2, 0.25) is 0 Å². The lowest BCUT2D eigenvalue weighted by Gasteiger charge is -2.38. The Bertz CT molecular complexity index is 633. The number of piperazine rings is 1. The average Bonchev–Trinajstić information content (AvgIpc) is 3.09. The molecule has 1 aliphatic rings. The Morgan fingerprint density at radius 3 is 2.50 bits per heavy atom. The summed E-state index contributed by atoms with van der Waals surface area (Å²) in [5, 5.41) is 0. The van der Waals surface area contributed by atoms with Crippen molar-refractivity contribution in [2.45, 2.75) is 13.0 Å². The lowest BCUT2D eigenvalue weighted by molar-refractivity contribution is 0.0574. The van der Waals surface area contributed by atoms with Gasteiger partial charge in [0, 0.05) is 44.0 Å². The second-order valence-corrected chi connectivity index (χ2v) is 5.61. The van der Waals surface area contributed by atoms with Crippen molar-refractivity contribution in [2.24, 2.45) is 0 Å². The average molecular weight is 301 g/mol. The summed E-state index contributed by atoms with van der Waals surface area (Å²) in [5.41, 5.74) is 1.34. The third-order valence-corrected chi connectivity index (χ3v) is 4.33. The molecular formula is C17H20FN3O. The smallest absolute Gasteiger partial charge is 0.270 e. The molecule has 0 aliphatic carbocycles. The van der Waals surface area contributed by atoms with E-state index in [2.05, 4.69) is 9.88 Å². The van der Waals surface area contributed by atoms with Gasteiger partial charge in [0.15, 0.2) is 0 Å². The van der Waals surface area contributed by atoms with E-state index in [1.807, 2.05) is 30.0 Å². The van der Waals surface area contributed by atoms with Crippen molar-refractivity contribution < 1.29 is 9.18 Å². The lowest BCUT2D eigenvalue weighted by atomic mass is 10.1. The van der Waals surface area contributed by atoms with E-state index in [0.717, 1.165) is 13.1 Å².